The second-order valence-corrected chi connectivity index (χ2v) is 5.51. The number of rotatable bonds is 6. The molecule has 2 rings (SSSR count). The Morgan fingerprint density at radius 2 is 2.21 bits per heavy atom. The van der Waals surface area contributed by atoms with E-state index in [2.05, 4.69) is 46.6 Å². The Labute approximate surface area is 117 Å². The summed E-state index contributed by atoms with van der Waals surface area (Å²) in [6.07, 6.45) is 1.71. The van der Waals surface area contributed by atoms with Crippen molar-refractivity contribution in [3.05, 3.63) is 34.7 Å². The maximum absolute atomic E-state index is 5.39. The van der Waals surface area contributed by atoms with Gasteiger partial charge in [0.2, 0.25) is 11.8 Å². The first-order valence-corrected chi connectivity index (χ1v) is 7.34. The van der Waals surface area contributed by atoms with Crippen LogP contribution in [0, 0.1) is 5.92 Å². The number of ether oxygens (including phenoxy) is 1. The van der Waals surface area contributed by atoms with E-state index in [0.717, 1.165) is 0 Å². The molecule has 0 radical (unpaired) electrons. The molecule has 2 aromatic rings. The summed E-state index contributed by atoms with van der Waals surface area (Å²) < 4.78 is 5.39. The average molecular weight is 277 g/mol. The number of aromatic nitrogens is 2. The largest absolute Gasteiger partial charge is 0.478 e. The standard InChI is InChI=1S/C14H19N3OS/c1-4-18-12-7-8-15-14(16-12)17-13(10(2)3)11-6-5-9-19-11/h5-10,13H,4H2,1-3H3,(H,15,16,17). The molecule has 0 fully saturated rings. The van der Waals surface area contributed by atoms with Gasteiger partial charge in [0.1, 0.15) is 0 Å². The zero-order chi connectivity index (χ0) is 13.7. The first-order valence-electron chi connectivity index (χ1n) is 6.46. The summed E-state index contributed by atoms with van der Waals surface area (Å²) in [5, 5.41) is 5.48. The number of thiophene rings is 1. The highest BCUT2D eigenvalue weighted by Crippen LogP contribution is 2.28. The average Bonchev–Trinajstić information content (AvgIpc) is 2.90. The molecule has 1 N–H and O–H groups in total. The van der Waals surface area contributed by atoms with Crippen LogP contribution in [0.5, 0.6) is 5.88 Å². The van der Waals surface area contributed by atoms with Crippen molar-refractivity contribution in [2.45, 2.75) is 26.8 Å². The van der Waals surface area contributed by atoms with Crippen molar-refractivity contribution in [3.8, 4) is 5.88 Å². The van der Waals surface area contributed by atoms with Crippen LogP contribution >= 0.6 is 11.3 Å². The topological polar surface area (TPSA) is 47.0 Å². The maximum atomic E-state index is 5.39. The van der Waals surface area contributed by atoms with Crippen molar-refractivity contribution >= 4 is 17.3 Å². The fourth-order valence-corrected chi connectivity index (χ4v) is 2.76. The third-order valence-electron chi connectivity index (χ3n) is 2.72. The van der Waals surface area contributed by atoms with Gasteiger partial charge in [0.05, 0.1) is 12.6 Å². The van der Waals surface area contributed by atoms with Gasteiger partial charge in [0.15, 0.2) is 0 Å². The Hall–Kier alpha value is -1.62. The minimum absolute atomic E-state index is 0.219. The minimum atomic E-state index is 0.219. The molecule has 2 heterocycles. The molecule has 19 heavy (non-hydrogen) atoms. The number of nitrogens with one attached hydrogen (secondary N) is 1. The van der Waals surface area contributed by atoms with E-state index in [1.54, 1.807) is 23.6 Å². The van der Waals surface area contributed by atoms with Gasteiger partial charge in [-0.2, -0.15) is 4.98 Å². The molecule has 0 aliphatic carbocycles. The van der Waals surface area contributed by atoms with Crippen LogP contribution in [0.15, 0.2) is 29.8 Å². The van der Waals surface area contributed by atoms with Crippen molar-refractivity contribution in [3.63, 3.8) is 0 Å². The van der Waals surface area contributed by atoms with Gasteiger partial charge in [-0.3, -0.25) is 0 Å². The lowest BCUT2D eigenvalue weighted by molar-refractivity contribution is 0.326. The van der Waals surface area contributed by atoms with Gasteiger partial charge in [-0.15, -0.1) is 11.3 Å². The van der Waals surface area contributed by atoms with Crippen LogP contribution in [-0.4, -0.2) is 16.6 Å². The van der Waals surface area contributed by atoms with Gasteiger partial charge in [-0.05, 0) is 24.3 Å². The molecule has 4 nitrogen and oxygen atoms in total. The van der Waals surface area contributed by atoms with Gasteiger partial charge < -0.3 is 10.1 Å². The van der Waals surface area contributed by atoms with Crippen LogP contribution in [0.1, 0.15) is 31.7 Å². The lowest BCUT2D eigenvalue weighted by atomic mass is 10.0. The molecule has 2 aromatic heterocycles. The number of hydrogen-bond acceptors (Lipinski definition) is 5. The van der Waals surface area contributed by atoms with Gasteiger partial charge >= 0.3 is 0 Å². The first kappa shape index (κ1) is 13.8. The minimum Gasteiger partial charge on any atom is -0.478 e. The molecule has 0 bridgehead atoms. The van der Waals surface area contributed by atoms with Gasteiger partial charge in [0.25, 0.3) is 0 Å². The molecule has 1 unspecified atom stereocenters. The third kappa shape index (κ3) is 3.67. The summed E-state index contributed by atoms with van der Waals surface area (Å²) in [5.41, 5.74) is 0. The highest BCUT2D eigenvalue weighted by atomic mass is 32.1. The monoisotopic (exact) mass is 277 g/mol. The predicted molar refractivity (Wildman–Crippen MR) is 78.7 cm³/mol. The first-order chi connectivity index (χ1) is 9.20. The SMILES string of the molecule is CCOc1ccnc(NC(c2cccs2)C(C)C)n1. The highest BCUT2D eigenvalue weighted by Gasteiger charge is 2.17. The lowest BCUT2D eigenvalue weighted by Crippen LogP contribution is -2.17. The normalized spacial score (nSPS) is 12.4. The zero-order valence-corrected chi connectivity index (χ0v) is 12.3. The van der Waals surface area contributed by atoms with E-state index in [1.165, 1.54) is 4.88 Å². The van der Waals surface area contributed by atoms with Crippen LogP contribution in [-0.2, 0) is 0 Å². The van der Waals surface area contributed by atoms with Crippen LogP contribution < -0.4 is 10.1 Å². The number of nitrogens with zero attached hydrogens (tertiary/aromatic N) is 2. The van der Waals surface area contributed by atoms with E-state index in [0.29, 0.717) is 24.4 Å². The molecule has 0 aliphatic heterocycles. The number of hydrogen-bond donors (Lipinski definition) is 1. The summed E-state index contributed by atoms with van der Waals surface area (Å²) in [5.74, 6) is 1.67. The summed E-state index contributed by atoms with van der Waals surface area (Å²) >= 11 is 1.74. The Morgan fingerprint density at radius 3 is 2.84 bits per heavy atom. The molecule has 0 aromatic carbocycles. The molecule has 5 heteroatoms. The second kappa shape index (κ2) is 6.52. The lowest BCUT2D eigenvalue weighted by Gasteiger charge is -2.21. The fourth-order valence-electron chi connectivity index (χ4n) is 1.81. The van der Waals surface area contributed by atoms with Gasteiger partial charge in [-0.25, -0.2) is 4.98 Å². The van der Waals surface area contributed by atoms with E-state index in [4.69, 9.17) is 4.74 Å². The molecule has 0 saturated heterocycles. The fraction of sp³-hybridized carbons (Fsp3) is 0.429. The Morgan fingerprint density at radius 1 is 1.37 bits per heavy atom. The highest BCUT2D eigenvalue weighted by molar-refractivity contribution is 7.10. The van der Waals surface area contributed by atoms with E-state index < -0.39 is 0 Å². The van der Waals surface area contributed by atoms with Gasteiger partial charge in [-0.1, -0.05) is 19.9 Å². The van der Waals surface area contributed by atoms with E-state index in [9.17, 15) is 0 Å². The molecule has 102 valence electrons. The molecule has 0 saturated carbocycles. The van der Waals surface area contributed by atoms with Crippen LogP contribution in [0.4, 0.5) is 5.95 Å². The maximum Gasteiger partial charge on any atom is 0.226 e. The molecule has 0 amide bonds. The van der Waals surface area contributed by atoms with Crippen molar-refractivity contribution < 1.29 is 4.74 Å². The van der Waals surface area contributed by atoms with Crippen LogP contribution in [0.3, 0.4) is 0 Å². The Kier molecular flexibility index (Phi) is 4.74. The molecule has 0 aliphatic rings. The van der Waals surface area contributed by atoms with Crippen molar-refractivity contribution in [1.82, 2.24) is 9.97 Å². The Balaban J connectivity index is 2.15. The summed E-state index contributed by atoms with van der Waals surface area (Å²) in [6, 6.07) is 6.19. The van der Waals surface area contributed by atoms with E-state index >= 15 is 0 Å². The van der Waals surface area contributed by atoms with Gasteiger partial charge in [0, 0.05) is 17.1 Å². The summed E-state index contributed by atoms with van der Waals surface area (Å²) in [4.78, 5) is 9.90. The Bertz CT molecular complexity index is 499. The third-order valence-corrected chi connectivity index (χ3v) is 3.68. The van der Waals surface area contributed by atoms with E-state index in [-0.39, 0.29) is 6.04 Å². The molecule has 0 spiro atoms. The molecule has 1 atom stereocenters. The van der Waals surface area contributed by atoms with Crippen molar-refractivity contribution in [1.29, 1.82) is 0 Å². The predicted octanol–water partition coefficient (Wildman–Crippen LogP) is 3.75. The molecular weight excluding hydrogens is 258 g/mol. The zero-order valence-electron chi connectivity index (χ0n) is 11.5. The molecular formula is C14H19N3OS. The van der Waals surface area contributed by atoms with Crippen molar-refractivity contribution in [2.75, 3.05) is 11.9 Å². The van der Waals surface area contributed by atoms with Crippen LogP contribution in [0.2, 0.25) is 0 Å². The number of anilines is 1. The smallest absolute Gasteiger partial charge is 0.226 e. The van der Waals surface area contributed by atoms with Crippen LogP contribution in [0.25, 0.3) is 0 Å². The second-order valence-electron chi connectivity index (χ2n) is 4.53. The summed E-state index contributed by atoms with van der Waals surface area (Å²) in [6.45, 7) is 6.92. The summed E-state index contributed by atoms with van der Waals surface area (Å²) in [7, 11) is 0. The van der Waals surface area contributed by atoms with Crippen molar-refractivity contribution in [2.24, 2.45) is 5.92 Å². The van der Waals surface area contributed by atoms with E-state index in [1.807, 2.05) is 6.92 Å². The quantitative estimate of drug-likeness (QED) is 0.873.